The Balaban J connectivity index is 1.80. The molecule has 1 aliphatic rings. The summed E-state index contributed by atoms with van der Waals surface area (Å²) in [6.07, 6.45) is 6.08. The molecule has 3 heterocycles. The molecular weight excluding hydrogens is 338 g/mol. The number of aromatic nitrogens is 3. The molecule has 0 unspecified atom stereocenters. The fourth-order valence-electron chi connectivity index (χ4n) is 2.77. The van der Waals surface area contributed by atoms with E-state index in [-0.39, 0.29) is 17.3 Å². The predicted molar refractivity (Wildman–Crippen MR) is 94.6 cm³/mol. The summed E-state index contributed by atoms with van der Waals surface area (Å²) in [6.45, 7) is 3.55. The van der Waals surface area contributed by atoms with Gasteiger partial charge in [0.05, 0.1) is 10.5 Å². The van der Waals surface area contributed by atoms with Crippen LogP contribution in [-0.2, 0) is 0 Å². The number of nitro groups is 1. The highest BCUT2D eigenvalue weighted by Crippen LogP contribution is 2.33. The fraction of sp³-hybridized carbons (Fsp3) is 0.375. The van der Waals surface area contributed by atoms with E-state index in [4.69, 9.17) is 0 Å². The molecule has 3 rings (SSSR count). The van der Waals surface area contributed by atoms with E-state index in [0.29, 0.717) is 24.6 Å². The average Bonchev–Trinajstić information content (AvgIpc) is 2.67. The van der Waals surface area contributed by atoms with Crippen LogP contribution in [-0.4, -0.2) is 38.9 Å². The van der Waals surface area contributed by atoms with E-state index in [2.05, 4.69) is 32.7 Å². The zero-order valence-corrected chi connectivity index (χ0v) is 14.3. The number of nitrogens with zero attached hydrogens (tertiary/aromatic N) is 5. The summed E-state index contributed by atoms with van der Waals surface area (Å²) >= 11 is 0. The molecule has 0 radical (unpaired) electrons. The summed E-state index contributed by atoms with van der Waals surface area (Å²) in [4.78, 5) is 36.9. The Kier molecular flexibility index (Phi) is 5.20. The van der Waals surface area contributed by atoms with Crippen molar-refractivity contribution in [2.24, 2.45) is 5.92 Å². The molecule has 10 heteroatoms. The second-order valence-electron chi connectivity index (χ2n) is 6.14. The average molecular weight is 357 g/mol. The monoisotopic (exact) mass is 357 g/mol. The van der Waals surface area contributed by atoms with Gasteiger partial charge >= 0.3 is 5.69 Å². The van der Waals surface area contributed by atoms with Crippen LogP contribution in [0.2, 0.25) is 0 Å². The smallest absolute Gasteiger partial charge is 0.351 e. The number of piperidine rings is 1. The number of pyridine rings is 1. The van der Waals surface area contributed by atoms with Gasteiger partial charge in [-0.3, -0.25) is 30.7 Å². The van der Waals surface area contributed by atoms with Crippen molar-refractivity contribution in [3.05, 3.63) is 46.5 Å². The molecule has 0 aromatic carbocycles. The maximum Gasteiger partial charge on any atom is 0.355 e. The van der Waals surface area contributed by atoms with Gasteiger partial charge in [-0.25, -0.2) is 9.97 Å². The zero-order valence-electron chi connectivity index (χ0n) is 14.3. The first-order valence-corrected chi connectivity index (χ1v) is 8.27. The molecule has 0 saturated carbocycles. The molecule has 0 bridgehead atoms. The van der Waals surface area contributed by atoms with E-state index in [1.807, 2.05) is 4.90 Å². The summed E-state index contributed by atoms with van der Waals surface area (Å²) in [6, 6.07) is 3.20. The van der Waals surface area contributed by atoms with Crippen LogP contribution >= 0.6 is 0 Å². The van der Waals surface area contributed by atoms with E-state index in [1.54, 1.807) is 18.3 Å². The number of hydrogen-bond acceptors (Lipinski definition) is 8. The van der Waals surface area contributed by atoms with Gasteiger partial charge in [0, 0.05) is 25.5 Å². The van der Waals surface area contributed by atoms with Gasteiger partial charge in [0.15, 0.2) is 0 Å². The minimum absolute atomic E-state index is 0.0594. The molecule has 0 spiro atoms. The van der Waals surface area contributed by atoms with Crippen molar-refractivity contribution < 1.29 is 9.72 Å². The summed E-state index contributed by atoms with van der Waals surface area (Å²) in [5.74, 6) is 0.314. The zero-order chi connectivity index (χ0) is 18.5. The molecule has 26 heavy (non-hydrogen) atoms. The third-order valence-electron chi connectivity index (χ3n) is 4.29. The van der Waals surface area contributed by atoms with Crippen LogP contribution in [0.25, 0.3) is 0 Å². The molecule has 1 fully saturated rings. The number of rotatable bonds is 5. The number of anilines is 2. The van der Waals surface area contributed by atoms with Crippen molar-refractivity contribution in [3.8, 4) is 0 Å². The maximum atomic E-state index is 12.1. The number of carbonyl (C=O) groups excluding carboxylic acids is 1. The molecule has 2 aromatic heterocycles. The lowest BCUT2D eigenvalue weighted by molar-refractivity contribution is -0.383. The van der Waals surface area contributed by atoms with Crippen molar-refractivity contribution in [2.75, 3.05) is 23.4 Å². The van der Waals surface area contributed by atoms with Gasteiger partial charge in [-0.15, -0.1) is 0 Å². The van der Waals surface area contributed by atoms with Crippen molar-refractivity contribution in [1.29, 1.82) is 0 Å². The van der Waals surface area contributed by atoms with Gasteiger partial charge in [-0.2, -0.15) is 0 Å². The topological polar surface area (TPSA) is 126 Å². The quantitative estimate of drug-likeness (QED) is 0.612. The molecule has 1 amide bonds. The van der Waals surface area contributed by atoms with Gasteiger partial charge in [-0.1, -0.05) is 6.92 Å². The molecule has 1 aliphatic heterocycles. The molecule has 136 valence electrons. The molecule has 2 aromatic rings. The molecule has 1 saturated heterocycles. The highest BCUT2D eigenvalue weighted by Gasteiger charge is 2.29. The Hall–Kier alpha value is -3.30. The Morgan fingerprint density at radius 1 is 1.35 bits per heavy atom. The first kappa shape index (κ1) is 17.5. The van der Waals surface area contributed by atoms with Crippen LogP contribution in [0.1, 0.15) is 30.1 Å². The van der Waals surface area contributed by atoms with Crippen molar-refractivity contribution in [1.82, 2.24) is 20.4 Å². The Labute approximate surface area is 149 Å². The van der Waals surface area contributed by atoms with Gasteiger partial charge in [0.2, 0.25) is 11.6 Å². The van der Waals surface area contributed by atoms with Crippen LogP contribution in [0.15, 0.2) is 30.9 Å². The maximum absolute atomic E-state index is 12.1. The summed E-state index contributed by atoms with van der Waals surface area (Å²) in [7, 11) is 0. The Morgan fingerprint density at radius 2 is 2.12 bits per heavy atom. The first-order valence-electron chi connectivity index (χ1n) is 8.27. The lowest BCUT2D eigenvalue weighted by Crippen LogP contribution is -2.35. The van der Waals surface area contributed by atoms with Crippen LogP contribution in [0.4, 0.5) is 17.3 Å². The molecule has 10 nitrogen and oxygen atoms in total. The van der Waals surface area contributed by atoms with E-state index in [0.717, 1.165) is 12.8 Å². The van der Waals surface area contributed by atoms with Crippen molar-refractivity contribution in [3.63, 3.8) is 0 Å². The largest absolute Gasteiger partial charge is 0.355 e. The summed E-state index contributed by atoms with van der Waals surface area (Å²) in [5, 5.41) is 11.6. The minimum Gasteiger partial charge on any atom is -0.351 e. The van der Waals surface area contributed by atoms with Crippen molar-refractivity contribution in [2.45, 2.75) is 19.8 Å². The summed E-state index contributed by atoms with van der Waals surface area (Å²) < 4.78 is 0. The highest BCUT2D eigenvalue weighted by molar-refractivity contribution is 5.94. The molecule has 2 N–H and O–H groups in total. The SMILES string of the molecule is CC1CCN(c2ncnc(NNC(=O)c3cccnc3)c2[N+](=O)[O-])CC1. The van der Waals surface area contributed by atoms with E-state index in [1.165, 1.54) is 12.5 Å². The van der Waals surface area contributed by atoms with Crippen LogP contribution < -0.4 is 15.8 Å². The first-order chi connectivity index (χ1) is 12.6. The Morgan fingerprint density at radius 3 is 2.77 bits per heavy atom. The lowest BCUT2D eigenvalue weighted by Gasteiger charge is -2.30. The highest BCUT2D eigenvalue weighted by atomic mass is 16.6. The minimum atomic E-state index is -0.536. The van der Waals surface area contributed by atoms with Gasteiger partial charge in [-0.05, 0) is 30.9 Å². The third kappa shape index (κ3) is 3.85. The van der Waals surface area contributed by atoms with Crippen molar-refractivity contribution >= 4 is 23.2 Å². The van der Waals surface area contributed by atoms with Gasteiger partial charge < -0.3 is 4.90 Å². The standard InChI is InChI=1S/C16H19N7O3/c1-11-4-7-22(8-5-11)15-13(23(25)26)14(18-10-19-15)20-21-16(24)12-3-2-6-17-9-12/h2-3,6,9-11H,4-5,7-8H2,1H3,(H,21,24)(H,18,19,20). The van der Waals surface area contributed by atoms with Crippen LogP contribution in [0, 0.1) is 16.0 Å². The number of hydrogen-bond donors (Lipinski definition) is 2. The fourth-order valence-corrected chi connectivity index (χ4v) is 2.77. The molecular formula is C16H19N7O3. The van der Waals surface area contributed by atoms with E-state index in [9.17, 15) is 14.9 Å². The number of hydrazine groups is 1. The second-order valence-corrected chi connectivity index (χ2v) is 6.14. The van der Waals surface area contributed by atoms with Gasteiger partial charge in [0.1, 0.15) is 6.33 Å². The molecule has 0 atom stereocenters. The van der Waals surface area contributed by atoms with Crippen LogP contribution in [0.5, 0.6) is 0 Å². The number of amides is 1. The van der Waals surface area contributed by atoms with Crippen LogP contribution in [0.3, 0.4) is 0 Å². The predicted octanol–water partition coefficient (Wildman–Crippen LogP) is 1.77. The summed E-state index contributed by atoms with van der Waals surface area (Å²) in [5.41, 5.74) is 5.01. The number of carbonyl (C=O) groups is 1. The second kappa shape index (κ2) is 7.72. The lowest BCUT2D eigenvalue weighted by atomic mass is 9.99. The van der Waals surface area contributed by atoms with E-state index >= 15 is 0 Å². The number of nitrogens with one attached hydrogen (secondary N) is 2. The van der Waals surface area contributed by atoms with E-state index < -0.39 is 10.8 Å². The Bertz CT molecular complexity index is 792. The third-order valence-corrected chi connectivity index (χ3v) is 4.29. The van der Waals surface area contributed by atoms with Gasteiger partial charge in [0.25, 0.3) is 5.91 Å². The normalized spacial score (nSPS) is 14.7. The molecule has 0 aliphatic carbocycles.